The van der Waals surface area contributed by atoms with E-state index < -0.39 is 0 Å². The number of ether oxygens (including phenoxy) is 1. The second-order valence-electron chi connectivity index (χ2n) is 4.13. The Kier molecular flexibility index (Phi) is 4.77. The molecule has 0 heterocycles. The molecule has 0 aliphatic carbocycles. The Labute approximate surface area is 96.9 Å². The molecule has 0 aliphatic heterocycles. The highest BCUT2D eigenvalue weighted by molar-refractivity contribution is 5.38. The van der Waals surface area contributed by atoms with Gasteiger partial charge in [0.05, 0.1) is 6.26 Å². The van der Waals surface area contributed by atoms with E-state index in [1.54, 1.807) is 0 Å². The SMILES string of the molecule is C/C(=C\OC=O)CCc1ccc(C)cc1C. The highest BCUT2D eigenvalue weighted by Gasteiger charge is 1.99. The molecule has 1 aromatic rings. The molecule has 0 radical (unpaired) electrons. The summed E-state index contributed by atoms with van der Waals surface area (Å²) in [5.41, 5.74) is 5.04. The third kappa shape index (κ3) is 3.89. The first-order chi connectivity index (χ1) is 7.63. The molecular formula is C14H18O2. The van der Waals surface area contributed by atoms with Crippen molar-refractivity contribution in [2.45, 2.75) is 33.6 Å². The predicted molar refractivity (Wildman–Crippen MR) is 65.1 cm³/mol. The lowest BCUT2D eigenvalue weighted by Crippen LogP contribution is -1.92. The fourth-order valence-corrected chi connectivity index (χ4v) is 1.66. The molecule has 1 rings (SSSR count). The summed E-state index contributed by atoms with van der Waals surface area (Å²) in [4.78, 5) is 10.0. The lowest BCUT2D eigenvalue weighted by Gasteiger charge is -2.06. The molecule has 0 bridgehead atoms. The Hall–Kier alpha value is -1.57. The topological polar surface area (TPSA) is 26.3 Å². The van der Waals surface area contributed by atoms with Gasteiger partial charge >= 0.3 is 0 Å². The monoisotopic (exact) mass is 218 g/mol. The van der Waals surface area contributed by atoms with Crippen molar-refractivity contribution in [3.63, 3.8) is 0 Å². The Morgan fingerprint density at radius 3 is 2.75 bits per heavy atom. The average Bonchev–Trinajstić information content (AvgIpc) is 2.25. The molecule has 0 saturated heterocycles. The summed E-state index contributed by atoms with van der Waals surface area (Å²) in [5.74, 6) is 0. The van der Waals surface area contributed by atoms with Gasteiger partial charge in [-0.15, -0.1) is 0 Å². The number of hydrogen-bond acceptors (Lipinski definition) is 2. The second-order valence-corrected chi connectivity index (χ2v) is 4.13. The molecule has 16 heavy (non-hydrogen) atoms. The minimum absolute atomic E-state index is 0.445. The van der Waals surface area contributed by atoms with Crippen LogP contribution in [0, 0.1) is 13.8 Å². The Morgan fingerprint density at radius 2 is 2.12 bits per heavy atom. The van der Waals surface area contributed by atoms with Crippen LogP contribution in [-0.4, -0.2) is 6.47 Å². The van der Waals surface area contributed by atoms with Gasteiger partial charge in [0.2, 0.25) is 0 Å². The van der Waals surface area contributed by atoms with E-state index in [9.17, 15) is 4.79 Å². The fourth-order valence-electron chi connectivity index (χ4n) is 1.66. The van der Waals surface area contributed by atoms with Crippen LogP contribution in [0.1, 0.15) is 30.0 Å². The van der Waals surface area contributed by atoms with E-state index in [1.807, 2.05) is 6.92 Å². The van der Waals surface area contributed by atoms with Gasteiger partial charge in [0.25, 0.3) is 6.47 Å². The number of carbonyl (C=O) groups is 1. The Morgan fingerprint density at radius 1 is 1.38 bits per heavy atom. The van der Waals surface area contributed by atoms with Gasteiger partial charge in [-0.1, -0.05) is 23.8 Å². The lowest BCUT2D eigenvalue weighted by atomic mass is 10.00. The van der Waals surface area contributed by atoms with Crippen LogP contribution in [0.4, 0.5) is 0 Å². The minimum atomic E-state index is 0.445. The molecule has 2 nitrogen and oxygen atoms in total. The summed E-state index contributed by atoms with van der Waals surface area (Å²) in [7, 11) is 0. The van der Waals surface area contributed by atoms with Gasteiger partial charge in [0.1, 0.15) is 0 Å². The van der Waals surface area contributed by atoms with E-state index in [2.05, 4.69) is 36.8 Å². The minimum Gasteiger partial charge on any atom is -0.437 e. The van der Waals surface area contributed by atoms with Crippen molar-refractivity contribution in [2.75, 3.05) is 0 Å². The van der Waals surface area contributed by atoms with Gasteiger partial charge in [-0.3, -0.25) is 4.79 Å². The summed E-state index contributed by atoms with van der Waals surface area (Å²) in [6.07, 6.45) is 3.41. The maximum absolute atomic E-state index is 10.0. The molecule has 0 aromatic heterocycles. The molecule has 0 atom stereocenters. The van der Waals surface area contributed by atoms with Crippen LogP contribution in [0.15, 0.2) is 30.0 Å². The molecule has 1 aromatic carbocycles. The van der Waals surface area contributed by atoms with Crippen molar-refractivity contribution in [2.24, 2.45) is 0 Å². The largest absolute Gasteiger partial charge is 0.437 e. The zero-order chi connectivity index (χ0) is 12.0. The van der Waals surface area contributed by atoms with Crippen molar-refractivity contribution >= 4 is 6.47 Å². The smallest absolute Gasteiger partial charge is 0.297 e. The number of benzene rings is 1. The van der Waals surface area contributed by atoms with Crippen LogP contribution in [0.5, 0.6) is 0 Å². The lowest BCUT2D eigenvalue weighted by molar-refractivity contribution is -0.123. The van der Waals surface area contributed by atoms with Gasteiger partial charge in [0, 0.05) is 0 Å². The van der Waals surface area contributed by atoms with Gasteiger partial charge in [0.15, 0.2) is 0 Å². The van der Waals surface area contributed by atoms with Gasteiger partial charge < -0.3 is 4.74 Å². The van der Waals surface area contributed by atoms with Crippen LogP contribution in [-0.2, 0) is 16.0 Å². The van der Waals surface area contributed by atoms with E-state index >= 15 is 0 Å². The first kappa shape index (κ1) is 12.5. The molecule has 0 fully saturated rings. The summed E-state index contributed by atoms with van der Waals surface area (Å²) >= 11 is 0. The third-order valence-corrected chi connectivity index (χ3v) is 2.61. The van der Waals surface area contributed by atoms with Gasteiger partial charge in [-0.05, 0) is 50.3 Å². The molecular weight excluding hydrogens is 200 g/mol. The number of rotatable bonds is 5. The molecule has 0 N–H and O–H groups in total. The average molecular weight is 218 g/mol. The first-order valence-corrected chi connectivity index (χ1v) is 5.44. The Bertz CT molecular complexity index is 392. The standard InChI is InChI=1S/C14H18O2/c1-11-4-6-14(13(3)8-11)7-5-12(2)9-16-10-15/h4,6,8-10H,5,7H2,1-3H3/b12-9+. The summed E-state index contributed by atoms with van der Waals surface area (Å²) in [6.45, 7) is 6.64. The highest BCUT2D eigenvalue weighted by atomic mass is 16.5. The summed E-state index contributed by atoms with van der Waals surface area (Å²) in [6, 6.07) is 6.48. The summed E-state index contributed by atoms with van der Waals surface area (Å²) in [5, 5.41) is 0. The fraction of sp³-hybridized carbons (Fsp3) is 0.357. The van der Waals surface area contributed by atoms with E-state index in [0.717, 1.165) is 18.4 Å². The van der Waals surface area contributed by atoms with Crippen LogP contribution in [0.3, 0.4) is 0 Å². The number of carbonyl (C=O) groups excluding carboxylic acids is 1. The second kappa shape index (κ2) is 6.11. The quantitative estimate of drug-likeness (QED) is 0.560. The third-order valence-electron chi connectivity index (χ3n) is 2.61. The summed E-state index contributed by atoms with van der Waals surface area (Å²) < 4.78 is 4.59. The van der Waals surface area contributed by atoms with Crippen molar-refractivity contribution < 1.29 is 9.53 Å². The van der Waals surface area contributed by atoms with E-state index in [-0.39, 0.29) is 0 Å². The molecule has 0 spiro atoms. The first-order valence-electron chi connectivity index (χ1n) is 5.44. The van der Waals surface area contributed by atoms with E-state index in [0.29, 0.717) is 6.47 Å². The van der Waals surface area contributed by atoms with E-state index in [4.69, 9.17) is 0 Å². The van der Waals surface area contributed by atoms with Crippen molar-refractivity contribution in [3.8, 4) is 0 Å². The molecule has 0 unspecified atom stereocenters. The van der Waals surface area contributed by atoms with Crippen molar-refractivity contribution in [1.82, 2.24) is 0 Å². The maximum atomic E-state index is 10.0. The van der Waals surface area contributed by atoms with Crippen LogP contribution in [0.25, 0.3) is 0 Å². The number of aryl methyl sites for hydroxylation is 3. The number of allylic oxidation sites excluding steroid dienone is 1. The van der Waals surface area contributed by atoms with Gasteiger partial charge in [-0.25, -0.2) is 0 Å². The highest BCUT2D eigenvalue weighted by Crippen LogP contribution is 2.14. The zero-order valence-corrected chi connectivity index (χ0v) is 10.1. The molecule has 86 valence electrons. The number of hydrogen-bond donors (Lipinski definition) is 0. The van der Waals surface area contributed by atoms with E-state index in [1.165, 1.54) is 23.0 Å². The molecule has 0 saturated carbocycles. The zero-order valence-electron chi connectivity index (χ0n) is 10.1. The molecule has 2 heteroatoms. The molecule has 0 aliphatic rings. The normalized spacial score (nSPS) is 11.3. The van der Waals surface area contributed by atoms with Gasteiger partial charge in [-0.2, -0.15) is 0 Å². The molecule has 0 amide bonds. The van der Waals surface area contributed by atoms with Crippen molar-refractivity contribution in [3.05, 3.63) is 46.7 Å². The van der Waals surface area contributed by atoms with Crippen LogP contribution < -0.4 is 0 Å². The van der Waals surface area contributed by atoms with Crippen LogP contribution >= 0.6 is 0 Å². The maximum Gasteiger partial charge on any atom is 0.297 e. The van der Waals surface area contributed by atoms with Crippen LogP contribution in [0.2, 0.25) is 0 Å². The Balaban J connectivity index is 2.57. The van der Waals surface area contributed by atoms with Crippen molar-refractivity contribution in [1.29, 1.82) is 0 Å². The predicted octanol–water partition coefficient (Wildman–Crippen LogP) is 3.31.